The topological polar surface area (TPSA) is 21.3 Å². The molecule has 0 bridgehead atoms. The Bertz CT molecular complexity index is 4230. The highest BCUT2D eigenvalue weighted by atomic mass is 16.3. The van der Waals surface area contributed by atoms with Crippen molar-refractivity contribution in [2.24, 2.45) is 0 Å². The van der Waals surface area contributed by atoms with Crippen molar-refractivity contribution in [1.82, 2.24) is 4.57 Å². The minimum atomic E-state index is 0.880. The lowest BCUT2D eigenvalue weighted by Gasteiger charge is -2.28. The molecule has 0 saturated heterocycles. The van der Waals surface area contributed by atoms with E-state index in [0.717, 1.165) is 72.4 Å². The molecule has 14 aromatic rings. The van der Waals surface area contributed by atoms with E-state index in [0.29, 0.717) is 0 Å². The van der Waals surface area contributed by atoms with Crippen LogP contribution in [0.15, 0.2) is 296 Å². The van der Waals surface area contributed by atoms with Gasteiger partial charge in [-0.2, -0.15) is 0 Å². The summed E-state index contributed by atoms with van der Waals surface area (Å²) in [5, 5.41) is 4.67. The molecule has 3 heteroatoms. The van der Waals surface area contributed by atoms with Gasteiger partial charge in [0.25, 0.3) is 0 Å². The van der Waals surface area contributed by atoms with Gasteiger partial charge >= 0.3 is 0 Å². The lowest BCUT2D eigenvalue weighted by molar-refractivity contribution is 0.668. The highest BCUT2D eigenvalue weighted by Crippen LogP contribution is 2.45. The molecule has 0 radical (unpaired) electrons. The number of aromatic nitrogens is 1. The summed E-state index contributed by atoms with van der Waals surface area (Å²) in [6.45, 7) is 0. The van der Waals surface area contributed by atoms with Crippen LogP contribution in [0.3, 0.4) is 0 Å². The first-order valence-electron chi connectivity index (χ1n) is 25.6. The molecule has 0 amide bonds. The van der Waals surface area contributed by atoms with Crippen molar-refractivity contribution in [3.63, 3.8) is 0 Å². The van der Waals surface area contributed by atoms with Crippen LogP contribution in [0.1, 0.15) is 0 Å². The van der Waals surface area contributed by atoms with Gasteiger partial charge in [-0.15, -0.1) is 0 Å². The molecule has 0 spiro atoms. The van der Waals surface area contributed by atoms with Crippen molar-refractivity contribution in [3.8, 4) is 72.4 Å². The first kappa shape index (κ1) is 43.8. The standard InChI is InChI=1S/C72H48N2O/c1-3-15-49(16-4-1)51-29-33-53(34-30-51)55-37-41-59(42-38-55)73(60-43-39-56(40-44-60)54-35-31-52(32-36-54)50-17-5-2-6-18-50)67-25-10-7-21-62(67)57-19-13-20-58(47-57)63-24-14-27-69-72(63)66-23-8-11-26-68(66)74(69)61-45-46-65-64-22-9-12-28-70(64)75-71(65)48-61/h1-48H. The van der Waals surface area contributed by atoms with E-state index in [2.05, 4.69) is 289 Å². The molecular weight excluding hydrogens is 909 g/mol. The number of nitrogens with zero attached hydrogens (tertiary/aromatic N) is 2. The van der Waals surface area contributed by atoms with Gasteiger partial charge in [0.1, 0.15) is 11.2 Å². The van der Waals surface area contributed by atoms with Crippen molar-refractivity contribution in [2.45, 2.75) is 0 Å². The Hall–Kier alpha value is -9.96. The number of benzene rings is 12. The highest BCUT2D eigenvalue weighted by Gasteiger charge is 2.21. The number of anilines is 3. The molecule has 0 saturated carbocycles. The van der Waals surface area contributed by atoms with Crippen molar-refractivity contribution in [1.29, 1.82) is 0 Å². The molecule has 2 heterocycles. The van der Waals surface area contributed by atoms with Gasteiger partial charge in [-0.25, -0.2) is 0 Å². The fourth-order valence-electron chi connectivity index (χ4n) is 11.2. The van der Waals surface area contributed by atoms with Crippen molar-refractivity contribution in [3.05, 3.63) is 291 Å². The average molecular weight is 957 g/mol. The Labute approximate surface area is 436 Å². The smallest absolute Gasteiger partial charge is 0.137 e. The molecule has 3 nitrogen and oxygen atoms in total. The number of hydrogen-bond acceptors (Lipinski definition) is 2. The predicted octanol–water partition coefficient (Wildman–Crippen LogP) is 20.2. The maximum Gasteiger partial charge on any atom is 0.137 e. The lowest BCUT2D eigenvalue weighted by Crippen LogP contribution is -2.11. The second-order valence-corrected chi connectivity index (χ2v) is 19.2. The number of furan rings is 1. The highest BCUT2D eigenvalue weighted by molar-refractivity contribution is 6.16. The zero-order valence-electron chi connectivity index (χ0n) is 41.0. The summed E-state index contributed by atoms with van der Waals surface area (Å²) in [6, 6.07) is 105. The normalized spacial score (nSPS) is 11.5. The zero-order chi connectivity index (χ0) is 49.7. The maximum absolute atomic E-state index is 6.41. The molecule has 14 rings (SSSR count). The number of rotatable bonds is 10. The van der Waals surface area contributed by atoms with E-state index in [4.69, 9.17) is 4.42 Å². The Morgan fingerprint density at radius 3 is 1.31 bits per heavy atom. The van der Waals surface area contributed by atoms with Crippen LogP contribution >= 0.6 is 0 Å². The van der Waals surface area contributed by atoms with E-state index in [1.165, 1.54) is 60.8 Å². The van der Waals surface area contributed by atoms with Gasteiger partial charge in [-0.3, -0.25) is 0 Å². The third-order valence-corrected chi connectivity index (χ3v) is 14.8. The summed E-state index contributed by atoms with van der Waals surface area (Å²) >= 11 is 0. The fourth-order valence-corrected chi connectivity index (χ4v) is 11.2. The summed E-state index contributed by atoms with van der Waals surface area (Å²) < 4.78 is 8.79. The van der Waals surface area contributed by atoms with Crippen LogP contribution in [0.2, 0.25) is 0 Å². The summed E-state index contributed by atoms with van der Waals surface area (Å²) in [6.07, 6.45) is 0. The summed E-state index contributed by atoms with van der Waals surface area (Å²) in [5.74, 6) is 0. The molecule has 0 aliphatic carbocycles. The van der Waals surface area contributed by atoms with E-state index < -0.39 is 0 Å². The molecule has 0 unspecified atom stereocenters. The second kappa shape index (κ2) is 18.6. The van der Waals surface area contributed by atoms with E-state index in [1.54, 1.807) is 0 Å². The first-order chi connectivity index (χ1) is 37.2. The van der Waals surface area contributed by atoms with Crippen molar-refractivity contribution < 1.29 is 4.42 Å². The molecular formula is C72H48N2O. The monoisotopic (exact) mass is 956 g/mol. The van der Waals surface area contributed by atoms with E-state index >= 15 is 0 Å². The second-order valence-electron chi connectivity index (χ2n) is 19.2. The quantitative estimate of drug-likeness (QED) is 0.136. The zero-order valence-corrected chi connectivity index (χ0v) is 41.0. The van der Waals surface area contributed by atoms with Crippen LogP contribution in [-0.4, -0.2) is 4.57 Å². The first-order valence-corrected chi connectivity index (χ1v) is 25.6. The average Bonchev–Trinajstić information content (AvgIpc) is 4.07. The van der Waals surface area contributed by atoms with Crippen LogP contribution < -0.4 is 4.90 Å². The Balaban J connectivity index is 0.859. The number of hydrogen-bond donors (Lipinski definition) is 0. The molecule has 0 aliphatic heterocycles. The molecule has 0 aliphatic rings. The molecule has 0 atom stereocenters. The largest absolute Gasteiger partial charge is 0.456 e. The van der Waals surface area contributed by atoms with Gasteiger partial charge in [-0.05, 0) is 128 Å². The molecule has 2 aromatic heterocycles. The van der Waals surface area contributed by atoms with Gasteiger partial charge in [0.2, 0.25) is 0 Å². The van der Waals surface area contributed by atoms with Gasteiger partial charge in [-0.1, -0.05) is 218 Å². The lowest BCUT2D eigenvalue weighted by atomic mass is 9.94. The third kappa shape index (κ3) is 7.95. The van der Waals surface area contributed by atoms with E-state index in [-0.39, 0.29) is 0 Å². The van der Waals surface area contributed by atoms with Gasteiger partial charge in [0.15, 0.2) is 0 Å². The van der Waals surface area contributed by atoms with E-state index in [9.17, 15) is 0 Å². The maximum atomic E-state index is 6.41. The van der Waals surface area contributed by atoms with Gasteiger partial charge in [0.05, 0.1) is 16.7 Å². The summed E-state index contributed by atoms with van der Waals surface area (Å²) in [7, 11) is 0. The fraction of sp³-hybridized carbons (Fsp3) is 0. The predicted molar refractivity (Wildman–Crippen MR) is 315 cm³/mol. The van der Waals surface area contributed by atoms with Crippen LogP contribution in [0.25, 0.3) is 116 Å². The van der Waals surface area contributed by atoms with Crippen LogP contribution in [0.5, 0.6) is 0 Å². The van der Waals surface area contributed by atoms with Crippen molar-refractivity contribution in [2.75, 3.05) is 4.90 Å². The number of fused-ring (bicyclic) bond motifs is 6. The molecule has 12 aromatic carbocycles. The summed E-state index contributed by atoms with van der Waals surface area (Å²) in [4.78, 5) is 2.40. The van der Waals surface area contributed by atoms with Crippen LogP contribution in [0.4, 0.5) is 17.1 Å². The molecule has 0 N–H and O–H groups in total. The minimum absolute atomic E-state index is 0.880. The Morgan fingerprint density at radius 1 is 0.267 bits per heavy atom. The number of para-hydroxylation sites is 3. The van der Waals surface area contributed by atoms with Crippen LogP contribution in [0, 0.1) is 0 Å². The minimum Gasteiger partial charge on any atom is -0.456 e. The van der Waals surface area contributed by atoms with Crippen LogP contribution in [-0.2, 0) is 0 Å². The Kier molecular flexibility index (Phi) is 10.8. The van der Waals surface area contributed by atoms with Gasteiger partial charge in [0, 0.05) is 50.2 Å². The van der Waals surface area contributed by atoms with Gasteiger partial charge < -0.3 is 13.9 Å². The SMILES string of the molecule is c1ccc(-c2ccc(-c3ccc(N(c4ccc(-c5ccc(-c6ccccc6)cc5)cc4)c4ccccc4-c4cccc(-c5cccc6c5c5ccccc5n6-c5ccc6c(c5)oc5ccccc56)c4)cc3)cc2)cc1. The van der Waals surface area contributed by atoms with E-state index in [1.807, 2.05) is 12.1 Å². The molecule has 352 valence electrons. The summed E-state index contributed by atoms with van der Waals surface area (Å²) in [5.41, 5.74) is 22.5. The third-order valence-electron chi connectivity index (χ3n) is 14.8. The van der Waals surface area contributed by atoms with Crippen molar-refractivity contribution >= 4 is 60.8 Å². The Morgan fingerprint density at radius 2 is 0.693 bits per heavy atom. The molecule has 0 fully saturated rings. The molecule has 75 heavy (non-hydrogen) atoms.